The zero-order valence-corrected chi connectivity index (χ0v) is 11.3. The second-order valence-electron chi connectivity index (χ2n) is 4.96. The molecular formula is C14H18F2N2O2. The fraction of sp³-hybridized carbons (Fsp3) is 0.500. The maximum atomic E-state index is 13.1. The Morgan fingerprint density at radius 2 is 2.20 bits per heavy atom. The molecule has 1 heterocycles. The van der Waals surface area contributed by atoms with Gasteiger partial charge in [0, 0.05) is 13.1 Å². The van der Waals surface area contributed by atoms with E-state index in [1.54, 1.807) is 13.0 Å². The minimum absolute atomic E-state index is 0.258. The van der Waals surface area contributed by atoms with Crippen LogP contribution in [0.4, 0.5) is 8.78 Å². The quantitative estimate of drug-likeness (QED) is 0.900. The van der Waals surface area contributed by atoms with E-state index in [0.29, 0.717) is 31.7 Å². The third-order valence-corrected chi connectivity index (χ3v) is 3.56. The van der Waals surface area contributed by atoms with Gasteiger partial charge < -0.3 is 10.5 Å². The molecule has 20 heavy (non-hydrogen) atoms. The predicted molar refractivity (Wildman–Crippen MR) is 70.0 cm³/mol. The average molecular weight is 284 g/mol. The third-order valence-electron chi connectivity index (χ3n) is 3.56. The Morgan fingerprint density at radius 1 is 1.45 bits per heavy atom. The monoisotopic (exact) mass is 284 g/mol. The van der Waals surface area contributed by atoms with Crippen molar-refractivity contribution in [2.75, 3.05) is 19.7 Å². The normalized spacial score (nSPS) is 23.8. The minimum Gasteiger partial charge on any atom is -0.375 e. The number of amides is 1. The topological polar surface area (TPSA) is 55.6 Å². The number of hydrogen-bond donors (Lipinski definition) is 1. The second-order valence-corrected chi connectivity index (χ2v) is 4.96. The van der Waals surface area contributed by atoms with Gasteiger partial charge in [-0.25, -0.2) is 8.78 Å². The van der Waals surface area contributed by atoms with E-state index in [1.807, 2.05) is 4.90 Å². The van der Waals surface area contributed by atoms with Crippen LogP contribution in [0.2, 0.25) is 0 Å². The molecule has 2 rings (SSSR count). The van der Waals surface area contributed by atoms with Crippen molar-refractivity contribution < 1.29 is 18.3 Å². The van der Waals surface area contributed by atoms with Crippen molar-refractivity contribution in [2.45, 2.75) is 25.5 Å². The van der Waals surface area contributed by atoms with E-state index in [0.717, 1.165) is 6.07 Å². The van der Waals surface area contributed by atoms with Gasteiger partial charge in [-0.15, -0.1) is 0 Å². The molecule has 1 amide bonds. The Hall–Kier alpha value is -1.53. The van der Waals surface area contributed by atoms with Gasteiger partial charge in [0.15, 0.2) is 11.6 Å². The zero-order valence-electron chi connectivity index (χ0n) is 11.3. The molecule has 0 saturated carbocycles. The number of morpholine rings is 1. The molecule has 1 aliphatic rings. The highest BCUT2D eigenvalue weighted by atomic mass is 19.2. The molecule has 2 atom stereocenters. The molecule has 1 fully saturated rings. The zero-order chi connectivity index (χ0) is 14.7. The smallest absolute Gasteiger partial charge is 0.237 e. The van der Waals surface area contributed by atoms with Crippen molar-refractivity contribution in [1.29, 1.82) is 0 Å². The van der Waals surface area contributed by atoms with Gasteiger partial charge in [-0.2, -0.15) is 0 Å². The average Bonchev–Trinajstić information content (AvgIpc) is 2.39. The summed E-state index contributed by atoms with van der Waals surface area (Å²) in [6.45, 7) is 3.48. The number of halogens is 2. The summed E-state index contributed by atoms with van der Waals surface area (Å²) in [4.78, 5) is 13.4. The van der Waals surface area contributed by atoms with Crippen LogP contribution in [-0.4, -0.2) is 42.6 Å². The second kappa shape index (κ2) is 6.28. The molecule has 0 radical (unpaired) electrons. The van der Waals surface area contributed by atoms with Crippen molar-refractivity contribution in [2.24, 2.45) is 5.73 Å². The van der Waals surface area contributed by atoms with Crippen LogP contribution >= 0.6 is 0 Å². The molecule has 0 spiro atoms. The number of nitrogens with two attached hydrogens (primary N) is 1. The molecule has 0 bridgehead atoms. The van der Waals surface area contributed by atoms with Gasteiger partial charge in [-0.3, -0.25) is 9.69 Å². The van der Waals surface area contributed by atoms with Crippen LogP contribution in [-0.2, 0) is 16.0 Å². The molecular weight excluding hydrogens is 266 g/mol. The SMILES string of the molecule is C[C@H]1OCCN(CCc2ccc(F)c(F)c2)[C@@H]1C(N)=O. The van der Waals surface area contributed by atoms with E-state index in [1.165, 1.54) is 6.07 Å². The van der Waals surface area contributed by atoms with Gasteiger partial charge in [0.25, 0.3) is 0 Å². The molecule has 0 unspecified atom stereocenters. The third kappa shape index (κ3) is 3.32. The van der Waals surface area contributed by atoms with Gasteiger partial charge >= 0.3 is 0 Å². The fourth-order valence-electron chi connectivity index (χ4n) is 2.51. The number of carbonyl (C=O) groups is 1. The van der Waals surface area contributed by atoms with Gasteiger partial charge in [-0.05, 0) is 31.0 Å². The van der Waals surface area contributed by atoms with Crippen LogP contribution in [0.3, 0.4) is 0 Å². The highest BCUT2D eigenvalue weighted by Gasteiger charge is 2.33. The molecule has 110 valence electrons. The summed E-state index contributed by atoms with van der Waals surface area (Å²) in [5.74, 6) is -2.14. The first kappa shape index (κ1) is 14.9. The lowest BCUT2D eigenvalue weighted by Crippen LogP contribution is -2.56. The van der Waals surface area contributed by atoms with E-state index in [2.05, 4.69) is 0 Å². The Balaban J connectivity index is 2.01. The van der Waals surface area contributed by atoms with Crippen LogP contribution in [0.5, 0.6) is 0 Å². The Morgan fingerprint density at radius 3 is 2.85 bits per heavy atom. The summed E-state index contributed by atoms with van der Waals surface area (Å²) in [7, 11) is 0. The van der Waals surface area contributed by atoms with Crippen molar-refractivity contribution in [3.8, 4) is 0 Å². The maximum Gasteiger partial charge on any atom is 0.237 e. The van der Waals surface area contributed by atoms with E-state index in [-0.39, 0.29) is 6.10 Å². The Bertz CT molecular complexity index is 496. The van der Waals surface area contributed by atoms with E-state index in [4.69, 9.17) is 10.5 Å². The standard InChI is InChI=1S/C14H18F2N2O2/c1-9-13(14(17)19)18(6-7-20-9)5-4-10-2-3-11(15)12(16)8-10/h2-3,8-9,13H,4-7H2,1H3,(H2,17,19)/t9-,13+/m1/s1. The number of hydrogen-bond acceptors (Lipinski definition) is 3. The number of benzene rings is 1. The lowest BCUT2D eigenvalue weighted by molar-refractivity contribution is -0.135. The van der Waals surface area contributed by atoms with Crippen molar-refractivity contribution in [1.82, 2.24) is 4.90 Å². The van der Waals surface area contributed by atoms with Gasteiger partial charge in [0.1, 0.15) is 6.04 Å². The minimum atomic E-state index is -0.858. The predicted octanol–water partition coefficient (Wildman–Crippen LogP) is 1.08. The summed E-state index contributed by atoms with van der Waals surface area (Å²) in [5.41, 5.74) is 6.08. The van der Waals surface area contributed by atoms with Crippen molar-refractivity contribution >= 4 is 5.91 Å². The largest absolute Gasteiger partial charge is 0.375 e. The highest BCUT2D eigenvalue weighted by molar-refractivity contribution is 5.80. The number of rotatable bonds is 4. The van der Waals surface area contributed by atoms with Crippen LogP contribution in [0.15, 0.2) is 18.2 Å². The van der Waals surface area contributed by atoms with E-state index in [9.17, 15) is 13.6 Å². The van der Waals surface area contributed by atoms with Crippen LogP contribution in [0.1, 0.15) is 12.5 Å². The number of nitrogens with zero attached hydrogens (tertiary/aromatic N) is 1. The Kier molecular flexibility index (Phi) is 4.67. The molecule has 1 aromatic rings. The summed E-state index contributed by atoms with van der Waals surface area (Å²) in [6, 6.07) is 3.35. The number of carbonyl (C=O) groups excluding carboxylic acids is 1. The summed E-state index contributed by atoms with van der Waals surface area (Å²) >= 11 is 0. The van der Waals surface area contributed by atoms with Gasteiger partial charge in [0.2, 0.25) is 5.91 Å². The van der Waals surface area contributed by atoms with E-state index < -0.39 is 23.6 Å². The van der Waals surface area contributed by atoms with Crippen molar-refractivity contribution in [3.63, 3.8) is 0 Å². The van der Waals surface area contributed by atoms with Crippen molar-refractivity contribution in [3.05, 3.63) is 35.4 Å². The molecule has 1 aliphatic heterocycles. The fourth-order valence-corrected chi connectivity index (χ4v) is 2.51. The first-order valence-electron chi connectivity index (χ1n) is 6.58. The molecule has 1 aromatic carbocycles. The van der Waals surface area contributed by atoms with Crippen LogP contribution in [0, 0.1) is 11.6 Å². The summed E-state index contributed by atoms with van der Waals surface area (Å²) in [6.07, 6.45) is 0.263. The molecule has 6 heteroatoms. The summed E-state index contributed by atoms with van der Waals surface area (Å²) in [5, 5.41) is 0. The molecule has 2 N–H and O–H groups in total. The molecule has 1 saturated heterocycles. The maximum absolute atomic E-state index is 13.1. The number of ether oxygens (including phenoxy) is 1. The highest BCUT2D eigenvalue weighted by Crippen LogP contribution is 2.15. The molecule has 4 nitrogen and oxygen atoms in total. The Labute approximate surface area is 116 Å². The number of primary amides is 1. The lowest BCUT2D eigenvalue weighted by Gasteiger charge is -2.37. The summed E-state index contributed by atoms with van der Waals surface area (Å²) < 4.78 is 31.4. The van der Waals surface area contributed by atoms with Crippen LogP contribution < -0.4 is 5.73 Å². The molecule has 0 aliphatic carbocycles. The van der Waals surface area contributed by atoms with Gasteiger partial charge in [-0.1, -0.05) is 6.07 Å². The van der Waals surface area contributed by atoms with Gasteiger partial charge in [0.05, 0.1) is 12.7 Å². The first-order chi connectivity index (χ1) is 9.49. The lowest BCUT2D eigenvalue weighted by atomic mass is 10.1. The first-order valence-corrected chi connectivity index (χ1v) is 6.58. The molecule has 0 aromatic heterocycles. The van der Waals surface area contributed by atoms with Crippen LogP contribution in [0.25, 0.3) is 0 Å². The van der Waals surface area contributed by atoms with E-state index >= 15 is 0 Å².